The van der Waals surface area contributed by atoms with Crippen molar-refractivity contribution < 1.29 is 0 Å². The molecule has 0 aliphatic heterocycles. The molecular weight excluding hydrogens is 146 g/mol. The van der Waals surface area contributed by atoms with Gasteiger partial charge in [0, 0.05) is 31.3 Å². The lowest BCUT2D eigenvalue weighted by Gasteiger charge is -2.21. The van der Waals surface area contributed by atoms with E-state index in [4.69, 9.17) is 0 Å². The summed E-state index contributed by atoms with van der Waals surface area (Å²) in [6, 6.07) is 0. The summed E-state index contributed by atoms with van der Waals surface area (Å²) in [4.78, 5) is 2.28. The highest BCUT2D eigenvalue weighted by molar-refractivity contribution is 5.30. The van der Waals surface area contributed by atoms with E-state index in [2.05, 4.69) is 48.4 Å². The minimum atomic E-state index is 1.08. The van der Waals surface area contributed by atoms with Crippen molar-refractivity contribution in [2.75, 3.05) is 7.05 Å². The Morgan fingerprint density at radius 2 is 1.50 bits per heavy atom. The van der Waals surface area contributed by atoms with E-state index in [1.807, 2.05) is 0 Å². The minimum absolute atomic E-state index is 1.08. The van der Waals surface area contributed by atoms with E-state index in [1.54, 1.807) is 0 Å². The maximum atomic E-state index is 2.28. The molecule has 0 aromatic carbocycles. The molecule has 0 aromatic heterocycles. The molecule has 1 heteroatoms. The summed E-state index contributed by atoms with van der Waals surface area (Å²) in [5.74, 6) is 0. The average molecular weight is 159 g/mol. The van der Waals surface area contributed by atoms with Crippen LogP contribution in [0.5, 0.6) is 0 Å². The topological polar surface area (TPSA) is 3.24 Å². The van der Waals surface area contributed by atoms with Crippen LogP contribution < -0.4 is 0 Å². The predicted octanol–water partition coefficient (Wildman–Crippen LogP) is 2.61. The van der Waals surface area contributed by atoms with Crippen molar-refractivity contribution in [3.63, 3.8) is 0 Å². The van der Waals surface area contributed by atoms with Gasteiger partial charge in [-0.3, -0.25) is 0 Å². The SMILES string of the molecule is CN(C1=CC=CC1)C1=CC=CC1. The third-order valence-corrected chi connectivity index (χ3v) is 2.37. The highest BCUT2D eigenvalue weighted by Gasteiger charge is 2.10. The predicted molar refractivity (Wildman–Crippen MR) is 51.4 cm³/mol. The van der Waals surface area contributed by atoms with Crippen LogP contribution in [-0.2, 0) is 0 Å². The molecule has 0 spiro atoms. The van der Waals surface area contributed by atoms with Gasteiger partial charge in [0.05, 0.1) is 0 Å². The molecule has 2 rings (SSSR count). The molecule has 12 heavy (non-hydrogen) atoms. The quantitative estimate of drug-likeness (QED) is 0.598. The summed E-state index contributed by atoms with van der Waals surface area (Å²) in [5, 5.41) is 0. The molecule has 0 radical (unpaired) electrons. The molecule has 0 saturated carbocycles. The zero-order valence-corrected chi connectivity index (χ0v) is 7.33. The van der Waals surface area contributed by atoms with Gasteiger partial charge in [0.1, 0.15) is 0 Å². The van der Waals surface area contributed by atoms with Gasteiger partial charge in [-0.15, -0.1) is 0 Å². The van der Waals surface area contributed by atoms with E-state index in [9.17, 15) is 0 Å². The van der Waals surface area contributed by atoms with Crippen LogP contribution in [0.4, 0.5) is 0 Å². The van der Waals surface area contributed by atoms with Crippen LogP contribution in [0.1, 0.15) is 12.8 Å². The van der Waals surface area contributed by atoms with Gasteiger partial charge in [-0.25, -0.2) is 0 Å². The van der Waals surface area contributed by atoms with Gasteiger partial charge in [-0.2, -0.15) is 0 Å². The minimum Gasteiger partial charge on any atom is -0.351 e. The molecule has 62 valence electrons. The Morgan fingerprint density at radius 3 is 1.83 bits per heavy atom. The Balaban J connectivity index is 2.05. The first-order valence-electron chi connectivity index (χ1n) is 4.33. The molecule has 0 fully saturated rings. The normalized spacial score (nSPS) is 19.8. The van der Waals surface area contributed by atoms with Gasteiger partial charge in [-0.05, 0) is 12.2 Å². The molecule has 0 amide bonds. The average Bonchev–Trinajstić information content (AvgIpc) is 2.77. The summed E-state index contributed by atoms with van der Waals surface area (Å²) < 4.78 is 0. The number of hydrogen-bond donors (Lipinski definition) is 0. The number of hydrogen-bond acceptors (Lipinski definition) is 1. The smallest absolute Gasteiger partial charge is 0.0211 e. The number of rotatable bonds is 2. The van der Waals surface area contributed by atoms with E-state index in [1.165, 1.54) is 11.4 Å². The second-order valence-corrected chi connectivity index (χ2v) is 3.14. The van der Waals surface area contributed by atoms with Crippen LogP contribution in [-0.4, -0.2) is 11.9 Å². The molecule has 0 heterocycles. The van der Waals surface area contributed by atoms with Crippen molar-refractivity contribution >= 4 is 0 Å². The highest BCUT2D eigenvalue weighted by atomic mass is 15.1. The lowest BCUT2D eigenvalue weighted by atomic mass is 10.3. The number of allylic oxidation sites excluding steroid dienone is 6. The van der Waals surface area contributed by atoms with Crippen molar-refractivity contribution in [3.8, 4) is 0 Å². The Hall–Kier alpha value is -1.24. The zero-order valence-electron chi connectivity index (χ0n) is 7.33. The molecule has 0 N–H and O–H groups in total. The van der Waals surface area contributed by atoms with E-state index in [0.29, 0.717) is 0 Å². The van der Waals surface area contributed by atoms with Gasteiger partial charge in [0.25, 0.3) is 0 Å². The Morgan fingerprint density at radius 1 is 1.00 bits per heavy atom. The maximum Gasteiger partial charge on any atom is 0.0211 e. The third-order valence-electron chi connectivity index (χ3n) is 2.37. The molecule has 0 bridgehead atoms. The van der Waals surface area contributed by atoms with Gasteiger partial charge < -0.3 is 4.90 Å². The lowest BCUT2D eigenvalue weighted by molar-refractivity contribution is 0.503. The zero-order chi connectivity index (χ0) is 8.39. The monoisotopic (exact) mass is 159 g/mol. The van der Waals surface area contributed by atoms with E-state index >= 15 is 0 Å². The first-order valence-corrected chi connectivity index (χ1v) is 4.33. The fourth-order valence-corrected chi connectivity index (χ4v) is 1.55. The highest BCUT2D eigenvalue weighted by Crippen LogP contribution is 2.22. The van der Waals surface area contributed by atoms with Crippen LogP contribution >= 0.6 is 0 Å². The maximum absolute atomic E-state index is 2.28. The van der Waals surface area contributed by atoms with Gasteiger partial charge in [0.15, 0.2) is 0 Å². The van der Waals surface area contributed by atoms with E-state index in [0.717, 1.165) is 12.8 Å². The molecule has 0 aromatic rings. The summed E-state index contributed by atoms with van der Waals surface area (Å²) in [7, 11) is 2.14. The third kappa shape index (κ3) is 1.22. The second kappa shape index (κ2) is 3.02. The van der Waals surface area contributed by atoms with Crippen molar-refractivity contribution in [3.05, 3.63) is 47.9 Å². The standard InChI is InChI=1S/C11H13N/c1-12(10-6-2-3-7-10)11-8-4-5-9-11/h2-6,8H,7,9H2,1H3. The first-order chi connectivity index (χ1) is 5.88. The van der Waals surface area contributed by atoms with Crippen molar-refractivity contribution in [1.82, 2.24) is 4.90 Å². The molecule has 0 saturated heterocycles. The summed E-state index contributed by atoms with van der Waals surface area (Å²) in [6.45, 7) is 0. The van der Waals surface area contributed by atoms with Gasteiger partial charge in [0.2, 0.25) is 0 Å². The van der Waals surface area contributed by atoms with Crippen LogP contribution in [0.25, 0.3) is 0 Å². The Labute approximate surface area is 73.4 Å². The summed E-state index contributed by atoms with van der Waals surface area (Å²) in [5.41, 5.74) is 2.79. The number of nitrogens with zero attached hydrogens (tertiary/aromatic N) is 1. The van der Waals surface area contributed by atoms with Crippen molar-refractivity contribution in [1.29, 1.82) is 0 Å². The van der Waals surface area contributed by atoms with E-state index in [-0.39, 0.29) is 0 Å². The van der Waals surface area contributed by atoms with Gasteiger partial charge >= 0.3 is 0 Å². The van der Waals surface area contributed by atoms with Crippen molar-refractivity contribution in [2.45, 2.75) is 12.8 Å². The van der Waals surface area contributed by atoms with Gasteiger partial charge in [-0.1, -0.05) is 24.3 Å². The first kappa shape index (κ1) is 7.41. The molecule has 2 aliphatic rings. The Kier molecular flexibility index (Phi) is 1.86. The fraction of sp³-hybridized carbons (Fsp3) is 0.273. The van der Waals surface area contributed by atoms with Crippen LogP contribution in [0.3, 0.4) is 0 Å². The fourth-order valence-electron chi connectivity index (χ4n) is 1.55. The van der Waals surface area contributed by atoms with Crippen LogP contribution in [0, 0.1) is 0 Å². The molecular formula is C11H13N. The lowest BCUT2D eigenvalue weighted by Crippen LogP contribution is -2.14. The second-order valence-electron chi connectivity index (χ2n) is 3.14. The molecule has 0 unspecified atom stereocenters. The Bertz CT molecular complexity index is 262. The molecule has 1 nitrogen and oxygen atoms in total. The largest absolute Gasteiger partial charge is 0.351 e. The van der Waals surface area contributed by atoms with Crippen LogP contribution in [0.2, 0.25) is 0 Å². The van der Waals surface area contributed by atoms with Crippen molar-refractivity contribution in [2.24, 2.45) is 0 Å². The van der Waals surface area contributed by atoms with Crippen LogP contribution in [0.15, 0.2) is 47.9 Å². The summed E-state index contributed by atoms with van der Waals surface area (Å²) >= 11 is 0. The van der Waals surface area contributed by atoms with E-state index < -0.39 is 0 Å². The molecule has 0 atom stereocenters. The summed E-state index contributed by atoms with van der Waals surface area (Å²) in [6.07, 6.45) is 15.1. The molecule has 2 aliphatic carbocycles.